The van der Waals surface area contributed by atoms with Crippen molar-refractivity contribution >= 4 is 5.78 Å². The Bertz CT molecular complexity index is 534. The average molecular weight is 242 g/mol. The van der Waals surface area contributed by atoms with E-state index in [1.807, 2.05) is 30.3 Å². The van der Waals surface area contributed by atoms with E-state index in [0.29, 0.717) is 0 Å². The summed E-state index contributed by atoms with van der Waals surface area (Å²) in [5.74, 6) is -0.563. The minimum Gasteiger partial charge on any atom is -0.507 e. The number of aliphatic hydroxyl groups excluding tert-OH is 1. The molecule has 0 saturated carbocycles. The Morgan fingerprint density at radius 2 is 1.61 bits per heavy atom. The molecule has 2 rings (SSSR count). The van der Waals surface area contributed by atoms with E-state index in [-0.39, 0.29) is 17.7 Å². The first-order valence-electron chi connectivity index (χ1n) is 5.72. The summed E-state index contributed by atoms with van der Waals surface area (Å²) in [7, 11) is 0. The third-order valence-corrected chi connectivity index (χ3v) is 2.74. The van der Waals surface area contributed by atoms with Crippen LogP contribution in [0.2, 0.25) is 0 Å². The zero-order chi connectivity index (χ0) is 13.0. The molecule has 0 saturated heterocycles. The highest BCUT2D eigenvalue weighted by Gasteiger charge is 2.19. The first-order chi connectivity index (χ1) is 8.68. The molecule has 0 aliphatic carbocycles. The van der Waals surface area contributed by atoms with Gasteiger partial charge in [0.1, 0.15) is 11.9 Å². The van der Waals surface area contributed by atoms with Gasteiger partial charge in [0.15, 0.2) is 5.78 Å². The van der Waals surface area contributed by atoms with Crippen molar-refractivity contribution in [2.24, 2.45) is 0 Å². The standard InChI is InChI=1S/C15H14O3/c16-13-9-5-4-8-12(13)15(18)14(17)10-11-6-2-1-3-7-11/h1-9,14,16-17H,10H2/t14-/m0/s1. The molecule has 3 nitrogen and oxygen atoms in total. The van der Waals surface area contributed by atoms with Crippen LogP contribution in [0.25, 0.3) is 0 Å². The molecule has 0 heterocycles. The van der Waals surface area contributed by atoms with Gasteiger partial charge in [-0.05, 0) is 17.7 Å². The zero-order valence-corrected chi connectivity index (χ0v) is 9.78. The molecule has 0 unspecified atom stereocenters. The Balaban J connectivity index is 2.13. The molecule has 0 amide bonds. The van der Waals surface area contributed by atoms with Gasteiger partial charge < -0.3 is 10.2 Å². The van der Waals surface area contributed by atoms with Crippen LogP contribution in [0.15, 0.2) is 54.6 Å². The lowest BCUT2D eigenvalue weighted by atomic mass is 9.99. The molecule has 0 bridgehead atoms. The van der Waals surface area contributed by atoms with Gasteiger partial charge in [-0.1, -0.05) is 42.5 Å². The van der Waals surface area contributed by atoms with Gasteiger partial charge in [-0.3, -0.25) is 4.79 Å². The second-order valence-corrected chi connectivity index (χ2v) is 4.09. The van der Waals surface area contributed by atoms with Crippen molar-refractivity contribution in [2.45, 2.75) is 12.5 Å². The van der Waals surface area contributed by atoms with E-state index in [4.69, 9.17) is 0 Å². The molecule has 0 aromatic heterocycles. The summed E-state index contributed by atoms with van der Waals surface area (Å²) in [5.41, 5.74) is 1.04. The second-order valence-electron chi connectivity index (χ2n) is 4.09. The molecule has 0 aliphatic heterocycles. The predicted octanol–water partition coefficient (Wildman–Crippen LogP) is 2.18. The van der Waals surface area contributed by atoms with E-state index in [1.54, 1.807) is 12.1 Å². The Kier molecular flexibility index (Phi) is 3.75. The fraction of sp³-hybridized carbons (Fsp3) is 0.133. The van der Waals surface area contributed by atoms with Crippen LogP contribution in [0.4, 0.5) is 0 Å². The van der Waals surface area contributed by atoms with Crippen molar-refractivity contribution in [3.8, 4) is 5.75 Å². The number of hydrogen-bond donors (Lipinski definition) is 2. The van der Waals surface area contributed by atoms with Crippen LogP contribution in [0.3, 0.4) is 0 Å². The molecular formula is C15H14O3. The van der Waals surface area contributed by atoms with Crippen molar-refractivity contribution in [3.05, 3.63) is 65.7 Å². The van der Waals surface area contributed by atoms with E-state index in [1.165, 1.54) is 12.1 Å². The lowest BCUT2D eigenvalue weighted by Crippen LogP contribution is -2.23. The maximum absolute atomic E-state index is 12.0. The summed E-state index contributed by atoms with van der Waals surface area (Å²) >= 11 is 0. The number of aromatic hydroxyl groups is 1. The number of hydrogen-bond acceptors (Lipinski definition) is 3. The Morgan fingerprint density at radius 3 is 2.28 bits per heavy atom. The fourth-order valence-corrected chi connectivity index (χ4v) is 1.79. The van der Waals surface area contributed by atoms with Crippen molar-refractivity contribution in [1.82, 2.24) is 0 Å². The van der Waals surface area contributed by atoms with Crippen LogP contribution in [-0.2, 0) is 6.42 Å². The molecule has 1 atom stereocenters. The summed E-state index contributed by atoms with van der Waals surface area (Å²) in [6.45, 7) is 0. The number of ketones is 1. The third-order valence-electron chi connectivity index (χ3n) is 2.74. The predicted molar refractivity (Wildman–Crippen MR) is 68.6 cm³/mol. The largest absolute Gasteiger partial charge is 0.507 e. The molecular weight excluding hydrogens is 228 g/mol. The second kappa shape index (κ2) is 5.47. The van der Waals surface area contributed by atoms with E-state index in [2.05, 4.69) is 0 Å². The molecule has 18 heavy (non-hydrogen) atoms. The first kappa shape index (κ1) is 12.3. The van der Waals surface area contributed by atoms with Crippen LogP contribution in [-0.4, -0.2) is 22.1 Å². The highest BCUT2D eigenvalue weighted by molar-refractivity contribution is 6.01. The Hall–Kier alpha value is -2.13. The van der Waals surface area contributed by atoms with Crippen LogP contribution < -0.4 is 0 Å². The van der Waals surface area contributed by atoms with Crippen molar-refractivity contribution in [3.63, 3.8) is 0 Å². The number of rotatable bonds is 4. The van der Waals surface area contributed by atoms with Crippen LogP contribution >= 0.6 is 0 Å². The Morgan fingerprint density at radius 1 is 1.00 bits per heavy atom. The summed E-state index contributed by atoms with van der Waals surface area (Å²) in [4.78, 5) is 12.0. The number of Topliss-reactive ketones (excluding diaryl/α,β-unsaturated/α-hetero) is 1. The van der Waals surface area contributed by atoms with Crippen molar-refractivity contribution in [2.75, 3.05) is 0 Å². The molecule has 0 aliphatic rings. The monoisotopic (exact) mass is 242 g/mol. The van der Waals surface area contributed by atoms with E-state index >= 15 is 0 Å². The quantitative estimate of drug-likeness (QED) is 0.808. The molecule has 0 spiro atoms. The summed E-state index contributed by atoms with van der Waals surface area (Å²) < 4.78 is 0. The molecule has 0 fully saturated rings. The molecule has 92 valence electrons. The molecule has 2 N–H and O–H groups in total. The van der Waals surface area contributed by atoms with Crippen molar-refractivity contribution in [1.29, 1.82) is 0 Å². The summed E-state index contributed by atoms with van der Waals surface area (Å²) in [6.07, 6.45) is -0.894. The van der Waals surface area contributed by atoms with Gasteiger partial charge in [-0.15, -0.1) is 0 Å². The van der Waals surface area contributed by atoms with Gasteiger partial charge in [0.05, 0.1) is 5.56 Å². The summed E-state index contributed by atoms with van der Waals surface area (Å²) in [5, 5.41) is 19.5. The SMILES string of the molecule is O=C(c1ccccc1O)[C@@H](O)Cc1ccccc1. The molecule has 2 aromatic rings. The fourth-order valence-electron chi connectivity index (χ4n) is 1.79. The molecule has 3 heteroatoms. The minimum atomic E-state index is -1.14. The number of phenols is 1. The third kappa shape index (κ3) is 2.76. The van der Waals surface area contributed by atoms with Crippen LogP contribution in [0, 0.1) is 0 Å². The molecule has 2 aromatic carbocycles. The van der Waals surface area contributed by atoms with E-state index in [0.717, 1.165) is 5.56 Å². The number of carbonyl (C=O) groups is 1. The summed E-state index contributed by atoms with van der Waals surface area (Å²) in [6, 6.07) is 15.5. The highest BCUT2D eigenvalue weighted by atomic mass is 16.3. The van der Waals surface area contributed by atoms with Gasteiger partial charge in [-0.25, -0.2) is 0 Å². The number of para-hydroxylation sites is 1. The van der Waals surface area contributed by atoms with Gasteiger partial charge in [-0.2, -0.15) is 0 Å². The van der Waals surface area contributed by atoms with Gasteiger partial charge >= 0.3 is 0 Å². The molecule has 0 radical (unpaired) electrons. The number of aliphatic hydroxyl groups is 1. The maximum Gasteiger partial charge on any atom is 0.195 e. The van der Waals surface area contributed by atoms with Crippen molar-refractivity contribution < 1.29 is 15.0 Å². The average Bonchev–Trinajstić information content (AvgIpc) is 2.39. The van der Waals surface area contributed by atoms with Crippen LogP contribution in [0.5, 0.6) is 5.75 Å². The minimum absolute atomic E-state index is 0.102. The Labute approximate surface area is 105 Å². The topological polar surface area (TPSA) is 57.5 Å². The van der Waals surface area contributed by atoms with Gasteiger partial charge in [0.2, 0.25) is 0 Å². The zero-order valence-electron chi connectivity index (χ0n) is 9.78. The van der Waals surface area contributed by atoms with Gasteiger partial charge in [0, 0.05) is 6.42 Å². The first-order valence-corrected chi connectivity index (χ1v) is 5.72. The van der Waals surface area contributed by atoms with E-state index in [9.17, 15) is 15.0 Å². The lowest BCUT2D eigenvalue weighted by Gasteiger charge is -2.10. The number of phenolic OH excluding ortho intramolecular Hbond substituents is 1. The number of carbonyl (C=O) groups excluding carboxylic acids is 1. The highest BCUT2D eigenvalue weighted by Crippen LogP contribution is 2.18. The smallest absolute Gasteiger partial charge is 0.195 e. The maximum atomic E-state index is 12.0. The number of benzene rings is 2. The lowest BCUT2D eigenvalue weighted by molar-refractivity contribution is 0.0745. The van der Waals surface area contributed by atoms with Gasteiger partial charge in [0.25, 0.3) is 0 Å². The van der Waals surface area contributed by atoms with Crippen LogP contribution in [0.1, 0.15) is 15.9 Å². The normalized spacial score (nSPS) is 12.1. The van der Waals surface area contributed by atoms with E-state index < -0.39 is 11.9 Å².